The number of H-pyrrole nitrogens is 1. The van der Waals surface area contributed by atoms with E-state index in [1.165, 1.54) is 46.0 Å². The number of aryl methyl sites for hydroxylation is 1. The van der Waals surface area contributed by atoms with E-state index in [0.717, 1.165) is 0 Å². The highest BCUT2D eigenvalue weighted by Gasteiger charge is 2.29. The number of carboxylic acids is 1. The monoisotopic (exact) mass is 474 g/mol. The van der Waals surface area contributed by atoms with Gasteiger partial charge in [-0.25, -0.2) is 13.6 Å². The fourth-order valence-electron chi connectivity index (χ4n) is 4.69. The van der Waals surface area contributed by atoms with E-state index in [-0.39, 0.29) is 50.8 Å². The Kier molecular flexibility index (Phi) is 4.40. The topological polar surface area (TPSA) is 106 Å². The molecule has 4 heterocycles. The second kappa shape index (κ2) is 7.39. The van der Waals surface area contributed by atoms with E-state index in [4.69, 9.17) is 4.42 Å². The number of rotatable bonds is 4. The number of fused-ring (bicyclic) bond motifs is 4. The number of hydrogen-bond donors (Lipinski definition) is 2. The fraction of sp³-hybridized carbons (Fsp3) is 0.0800. The van der Waals surface area contributed by atoms with Crippen molar-refractivity contribution in [1.29, 1.82) is 0 Å². The predicted molar refractivity (Wildman–Crippen MR) is 124 cm³/mol. The molecule has 0 aliphatic carbocycles. The van der Waals surface area contributed by atoms with Gasteiger partial charge in [0.25, 0.3) is 5.56 Å². The molecule has 2 N–H and O–H groups in total. The minimum atomic E-state index is -1.36. The predicted octanol–water partition coefficient (Wildman–Crippen LogP) is 4.65. The number of aromatic nitrogens is 4. The molecule has 8 nitrogen and oxygen atoms in total. The van der Waals surface area contributed by atoms with Crippen molar-refractivity contribution in [3.8, 4) is 11.1 Å². The standard InChI is InChI=1S/C25H16F2N4O4/c1-30-18-8-16(26)13(7-12(18)10-29-30)11-31-19-9-17(27)14-4-6-35-23(14)21(19)20(22(31)25(33)34)15-3-2-5-28-24(15)32/h2-10H,11H2,1H3,(H,28,32)(H,33,34). The largest absolute Gasteiger partial charge is 0.477 e. The maximum Gasteiger partial charge on any atom is 0.353 e. The van der Waals surface area contributed by atoms with Crippen molar-refractivity contribution < 1.29 is 23.1 Å². The van der Waals surface area contributed by atoms with Crippen LogP contribution in [-0.4, -0.2) is 30.4 Å². The van der Waals surface area contributed by atoms with Crippen LogP contribution >= 0.6 is 0 Å². The molecule has 2 aromatic carbocycles. The summed E-state index contributed by atoms with van der Waals surface area (Å²) in [6, 6.07) is 8.54. The van der Waals surface area contributed by atoms with Crippen molar-refractivity contribution in [3.05, 3.63) is 88.3 Å². The van der Waals surface area contributed by atoms with Crippen LogP contribution in [0.1, 0.15) is 16.1 Å². The molecule has 174 valence electrons. The molecular weight excluding hydrogens is 458 g/mol. The third-order valence-electron chi connectivity index (χ3n) is 6.25. The molecular formula is C25H16F2N4O4. The number of furan rings is 1. The Morgan fingerprint density at radius 3 is 2.74 bits per heavy atom. The average Bonchev–Trinajstić information content (AvgIpc) is 3.52. The van der Waals surface area contributed by atoms with E-state index < -0.39 is 23.2 Å². The van der Waals surface area contributed by atoms with Crippen molar-refractivity contribution in [3.63, 3.8) is 0 Å². The van der Waals surface area contributed by atoms with E-state index in [9.17, 15) is 14.7 Å². The number of aromatic amines is 1. The second-order valence-corrected chi connectivity index (χ2v) is 8.21. The molecule has 0 aliphatic heterocycles. The number of hydrogen-bond acceptors (Lipinski definition) is 4. The van der Waals surface area contributed by atoms with Gasteiger partial charge in [0.2, 0.25) is 0 Å². The molecule has 0 fully saturated rings. The molecule has 0 amide bonds. The number of halogens is 2. The first-order chi connectivity index (χ1) is 16.8. The minimum absolute atomic E-state index is 0.0668. The van der Waals surface area contributed by atoms with Crippen molar-refractivity contribution in [2.24, 2.45) is 7.05 Å². The smallest absolute Gasteiger partial charge is 0.353 e. The molecule has 4 aromatic heterocycles. The maximum absolute atomic E-state index is 15.1. The first-order valence-electron chi connectivity index (χ1n) is 10.6. The molecule has 6 rings (SSSR count). The Balaban J connectivity index is 1.73. The molecule has 0 saturated carbocycles. The molecule has 0 spiro atoms. The van der Waals surface area contributed by atoms with Gasteiger partial charge in [-0.1, -0.05) is 0 Å². The van der Waals surface area contributed by atoms with Crippen LogP contribution in [-0.2, 0) is 13.6 Å². The molecule has 0 atom stereocenters. The quantitative estimate of drug-likeness (QED) is 0.387. The first kappa shape index (κ1) is 20.8. The Labute approximate surface area is 194 Å². The highest BCUT2D eigenvalue weighted by atomic mass is 19.1. The Hall–Kier alpha value is -4.73. The summed E-state index contributed by atoms with van der Waals surface area (Å²) in [5.41, 5.74) is 0.333. The van der Waals surface area contributed by atoms with Gasteiger partial charge in [0.15, 0.2) is 0 Å². The number of aromatic carboxylic acids is 1. The number of carboxylic acid groups (broad SMARTS) is 1. The number of carbonyl (C=O) groups is 1. The van der Waals surface area contributed by atoms with Crippen LogP contribution < -0.4 is 5.56 Å². The van der Waals surface area contributed by atoms with Gasteiger partial charge in [-0.15, -0.1) is 0 Å². The molecule has 0 radical (unpaired) electrons. The van der Waals surface area contributed by atoms with Gasteiger partial charge >= 0.3 is 5.97 Å². The minimum Gasteiger partial charge on any atom is -0.477 e. The van der Waals surface area contributed by atoms with Crippen molar-refractivity contribution in [2.75, 3.05) is 0 Å². The van der Waals surface area contributed by atoms with E-state index in [2.05, 4.69) is 10.1 Å². The summed E-state index contributed by atoms with van der Waals surface area (Å²) in [5, 5.41) is 15.4. The second-order valence-electron chi connectivity index (χ2n) is 8.21. The van der Waals surface area contributed by atoms with Gasteiger partial charge in [-0.3, -0.25) is 9.48 Å². The van der Waals surface area contributed by atoms with Crippen LogP contribution in [0, 0.1) is 11.6 Å². The zero-order chi connectivity index (χ0) is 24.4. The Bertz CT molecular complexity index is 1880. The lowest BCUT2D eigenvalue weighted by molar-refractivity contribution is 0.0687. The SMILES string of the molecule is Cn1ncc2cc(Cn3c(C(=O)O)c(-c4ccc[nH]c4=O)c4c5occc5c(F)cc43)c(F)cc21. The zero-order valence-corrected chi connectivity index (χ0v) is 18.2. The summed E-state index contributed by atoms with van der Waals surface area (Å²) in [6.07, 6.45) is 4.29. The molecule has 6 aromatic rings. The van der Waals surface area contributed by atoms with Crippen LogP contribution in [0.5, 0.6) is 0 Å². The van der Waals surface area contributed by atoms with Crippen LogP contribution in [0.25, 0.3) is 43.9 Å². The number of pyridine rings is 1. The van der Waals surface area contributed by atoms with E-state index >= 15 is 8.78 Å². The highest BCUT2D eigenvalue weighted by molar-refractivity contribution is 6.17. The number of benzene rings is 2. The normalized spacial score (nSPS) is 11.7. The lowest BCUT2D eigenvalue weighted by Gasteiger charge is -2.11. The number of nitrogens with zero attached hydrogens (tertiary/aromatic N) is 3. The summed E-state index contributed by atoms with van der Waals surface area (Å²) >= 11 is 0. The molecule has 0 bridgehead atoms. The Morgan fingerprint density at radius 1 is 1.17 bits per heavy atom. The van der Waals surface area contributed by atoms with Gasteiger partial charge in [0, 0.05) is 35.8 Å². The van der Waals surface area contributed by atoms with Crippen LogP contribution in [0.2, 0.25) is 0 Å². The lowest BCUT2D eigenvalue weighted by atomic mass is 10.0. The summed E-state index contributed by atoms with van der Waals surface area (Å²) in [6.45, 7) is -0.231. The van der Waals surface area contributed by atoms with Crippen LogP contribution in [0.4, 0.5) is 8.78 Å². The molecule has 10 heteroatoms. The van der Waals surface area contributed by atoms with Gasteiger partial charge in [-0.2, -0.15) is 5.10 Å². The summed E-state index contributed by atoms with van der Waals surface area (Å²) in [7, 11) is 1.69. The number of nitrogens with one attached hydrogen (secondary N) is 1. The van der Waals surface area contributed by atoms with E-state index in [1.807, 2.05) is 0 Å². The zero-order valence-electron chi connectivity index (χ0n) is 18.2. The lowest BCUT2D eigenvalue weighted by Crippen LogP contribution is -2.14. The van der Waals surface area contributed by atoms with E-state index in [1.54, 1.807) is 25.4 Å². The fourth-order valence-corrected chi connectivity index (χ4v) is 4.69. The maximum atomic E-state index is 15.1. The molecule has 35 heavy (non-hydrogen) atoms. The van der Waals surface area contributed by atoms with Crippen LogP contribution in [0.3, 0.4) is 0 Å². The van der Waals surface area contributed by atoms with Gasteiger partial charge in [0.05, 0.1) is 46.4 Å². The average molecular weight is 474 g/mol. The van der Waals surface area contributed by atoms with Gasteiger partial charge < -0.3 is 19.1 Å². The summed E-state index contributed by atoms with van der Waals surface area (Å²) < 4.78 is 38.5. The first-order valence-corrected chi connectivity index (χ1v) is 10.6. The van der Waals surface area contributed by atoms with Crippen molar-refractivity contribution in [2.45, 2.75) is 6.54 Å². The summed E-state index contributed by atoms with van der Waals surface area (Å²) in [4.78, 5) is 27.8. The van der Waals surface area contributed by atoms with Gasteiger partial charge in [0.1, 0.15) is 22.9 Å². The highest BCUT2D eigenvalue weighted by Crippen LogP contribution is 2.40. The molecule has 0 unspecified atom stereocenters. The third kappa shape index (κ3) is 2.99. The van der Waals surface area contributed by atoms with Gasteiger partial charge in [-0.05, 0) is 30.3 Å². The molecule has 0 aliphatic rings. The van der Waals surface area contributed by atoms with Crippen molar-refractivity contribution in [1.82, 2.24) is 19.3 Å². The van der Waals surface area contributed by atoms with Crippen molar-refractivity contribution >= 4 is 38.7 Å². The Morgan fingerprint density at radius 2 is 1.97 bits per heavy atom. The summed E-state index contributed by atoms with van der Waals surface area (Å²) in [5.74, 6) is -2.56. The van der Waals surface area contributed by atoms with E-state index in [0.29, 0.717) is 10.9 Å². The third-order valence-corrected chi connectivity index (χ3v) is 6.25. The van der Waals surface area contributed by atoms with Crippen LogP contribution in [0.15, 0.2) is 64.3 Å². The molecule has 0 saturated heterocycles.